The number of hydrogen-bond acceptors (Lipinski definition) is 1. The Morgan fingerprint density at radius 2 is 1.45 bits per heavy atom. The largest absolute Gasteiger partial charge is 0.292 e. The lowest BCUT2D eigenvalue weighted by atomic mass is 10.1. The van der Waals surface area contributed by atoms with E-state index in [0.29, 0.717) is 0 Å². The molecule has 3 aromatic carbocycles. The Bertz CT molecular complexity index is 1180. The topological polar surface area (TPSA) is 17.3 Å². The van der Waals surface area contributed by atoms with E-state index in [1.165, 1.54) is 32.8 Å². The van der Waals surface area contributed by atoms with Crippen LogP contribution in [0, 0.1) is 6.92 Å². The molecular weight excluding hydrogens is 268 g/mol. The first-order valence-electron chi connectivity index (χ1n) is 7.51. The number of pyridine rings is 1. The van der Waals surface area contributed by atoms with Crippen LogP contribution in [-0.4, -0.2) is 9.38 Å². The van der Waals surface area contributed by atoms with Gasteiger partial charge in [0, 0.05) is 10.8 Å². The van der Waals surface area contributed by atoms with Crippen molar-refractivity contribution in [1.82, 2.24) is 9.38 Å². The summed E-state index contributed by atoms with van der Waals surface area (Å²) in [6.07, 6.45) is 0. The van der Waals surface area contributed by atoms with E-state index in [1.807, 2.05) is 0 Å². The Morgan fingerprint density at radius 1 is 0.727 bits per heavy atom. The Kier molecular flexibility index (Phi) is 2.18. The van der Waals surface area contributed by atoms with Gasteiger partial charge in [-0.2, -0.15) is 0 Å². The Balaban J connectivity index is 2.21. The number of hydrogen-bond donors (Lipinski definition) is 0. The minimum Gasteiger partial charge on any atom is -0.292 e. The highest BCUT2D eigenvalue weighted by Gasteiger charge is 2.12. The number of aryl methyl sites for hydroxylation is 1. The van der Waals surface area contributed by atoms with Gasteiger partial charge in [0.25, 0.3) is 0 Å². The predicted molar refractivity (Wildman–Crippen MR) is 92.4 cm³/mol. The van der Waals surface area contributed by atoms with Crippen molar-refractivity contribution >= 4 is 38.4 Å². The van der Waals surface area contributed by atoms with Crippen molar-refractivity contribution < 1.29 is 0 Å². The SMILES string of the molecule is Cc1ccc2c(c1)nc1c3ccccc3c3ccccc3n21. The highest BCUT2D eigenvalue weighted by atomic mass is 15.0. The quantitative estimate of drug-likeness (QED) is 0.361. The second-order valence-electron chi connectivity index (χ2n) is 5.83. The number of imidazole rings is 1. The molecular formula is C20H14N2. The number of rotatable bonds is 0. The van der Waals surface area contributed by atoms with Crippen molar-refractivity contribution in [2.75, 3.05) is 0 Å². The Hall–Kier alpha value is -2.87. The summed E-state index contributed by atoms with van der Waals surface area (Å²) < 4.78 is 2.28. The van der Waals surface area contributed by atoms with E-state index in [2.05, 4.69) is 78.1 Å². The summed E-state index contributed by atoms with van der Waals surface area (Å²) in [5.74, 6) is 0. The van der Waals surface area contributed by atoms with Gasteiger partial charge in [-0.15, -0.1) is 0 Å². The van der Waals surface area contributed by atoms with E-state index in [9.17, 15) is 0 Å². The molecule has 0 spiro atoms. The molecule has 0 saturated carbocycles. The fourth-order valence-electron chi connectivity index (χ4n) is 3.42. The van der Waals surface area contributed by atoms with Gasteiger partial charge in [-0.05, 0) is 36.1 Å². The second-order valence-corrected chi connectivity index (χ2v) is 5.83. The molecule has 0 aliphatic carbocycles. The summed E-state index contributed by atoms with van der Waals surface area (Å²) in [5, 5.41) is 3.73. The average molecular weight is 282 g/mol. The molecule has 0 atom stereocenters. The fourth-order valence-corrected chi connectivity index (χ4v) is 3.42. The maximum Gasteiger partial charge on any atom is 0.146 e. The molecule has 2 heterocycles. The van der Waals surface area contributed by atoms with E-state index in [-0.39, 0.29) is 0 Å². The van der Waals surface area contributed by atoms with Crippen molar-refractivity contribution in [3.05, 3.63) is 72.3 Å². The standard InChI is InChI=1S/C20H14N2/c1-13-10-11-19-17(12-13)21-20-16-8-3-2-6-14(16)15-7-4-5-9-18(15)22(19)20/h2-12H,1H3. The minimum absolute atomic E-state index is 1.04. The first-order chi connectivity index (χ1) is 10.8. The van der Waals surface area contributed by atoms with Crippen LogP contribution >= 0.6 is 0 Å². The van der Waals surface area contributed by atoms with Crippen molar-refractivity contribution in [2.45, 2.75) is 6.92 Å². The lowest BCUT2D eigenvalue weighted by molar-refractivity contribution is 1.31. The number of nitrogens with zero attached hydrogens (tertiary/aromatic N) is 2. The highest BCUT2D eigenvalue weighted by molar-refractivity contribution is 6.13. The fraction of sp³-hybridized carbons (Fsp3) is 0.0500. The number of fused-ring (bicyclic) bond motifs is 8. The van der Waals surface area contributed by atoms with E-state index in [4.69, 9.17) is 4.98 Å². The van der Waals surface area contributed by atoms with Gasteiger partial charge in [0.15, 0.2) is 0 Å². The molecule has 0 saturated heterocycles. The molecule has 2 heteroatoms. The van der Waals surface area contributed by atoms with Crippen LogP contribution in [0.4, 0.5) is 0 Å². The van der Waals surface area contributed by atoms with Crippen LogP contribution in [0.5, 0.6) is 0 Å². The van der Waals surface area contributed by atoms with Gasteiger partial charge in [0.05, 0.1) is 16.6 Å². The van der Waals surface area contributed by atoms with E-state index in [0.717, 1.165) is 11.2 Å². The van der Waals surface area contributed by atoms with Gasteiger partial charge in [-0.3, -0.25) is 4.40 Å². The summed E-state index contributed by atoms with van der Waals surface area (Å²) in [6.45, 7) is 2.11. The zero-order valence-electron chi connectivity index (χ0n) is 12.2. The number of benzene rings is 3. The third-order valence-corrected chi connectivity index (χ3v) is 4.41. The van der Waals surface area contributed by atoms with Crippen LogP contribution in [0.3, 0.4) is 0 Å². The molecule has 5 rings (SSSR count). The maximum atomic E-state index is 4.92. The molecule has 5 aromatic rings. The molecule has 0 aliphatic rings. The van der Waals surface area contributed by atoms with E-state index >= 15 is 0 Å². The smallest absolute Gasteiger partial charge is 0.146 e. The van der Waals surface area contributed by atoms with Gasteiger partial charge in [-0.25, -0.2) is 4.98 Å². The highest BCUT2D eigenvalue weighted by Crippen LogP contribution is 2.32. The molecule has 0 radical (unpaired) electrons. The molecule has 22 heavy (non-hydrogen) atoms. The molecule has 104 valence electrons. The molecule has 0 unspecified atom stereocenters. The zero-order valence-corrected chi connectivity index (χ0v) is 12.2. The summed E-state index contributed by atoms with van der Waals surface area (Å²) in [6, 6.07) is 23.6. The minimum atomic E-state index is 1.04. The predicted octanol–water partition coefficient (Wildman–Crippen LogP) is 5.10. The van der Waals surface area contributed by atoms with Gasteiger partial charge >= 0.3 is 0 Å². The summed E-state index contributed by atoms with van der Waals surface area (Å²) in [4.78, 5) is 4.92. The lowest BCUT2D eigenvalue weighted by Crippen LogP contribution is -1.90. The lowest BCUT2D eigenvalue weighted by Gasteiger charge is -2.08. The van der Waals surface area contributed by atoms with Gasteiger partial charge in [-0.1, -0.05) is 48.5 Å². The van der Waals surface area contributed by atoms with Gasteiger partial charge in [0.2, 0.25) is 0 Å². The van der Waals surface area contributed by atoms with Gasteiger partial charge < -0.3 is 0 Å². The van der Waals surface area contributed by atoms with E-state index in [1.54, 1.807) is 0 Å². The van der Waals surface area contributed by atoms with Crippen LogP contribution in [0.15, 0.2) is 66.7 Å². The Labute approximate surface area is 127 Å². The van der Waals surface area contributed by atoms with Crippen LogP contribution in [0.2, 0.25) is 0 Å². The monoisotopic (exact) mass is 282 g/mol. The number of para-hydroxylation sites is 1. The number of aromatic nitrogens is 2. The third kappa shape index (κ3) is 1.41. The summed E-state index contributed by atoms with van der Waals surface area (Å²) >= 11 is 0. The van der Waals surface area contributed by atoms with Crippen molar-refractivity contribution in [2.24, 2.45) is 0 Å². The Morgan fingerprint density at radius 3 is 2.32 bits per heavy atom. The zero-order chi connectivity index (χ0) is 14.7. The van der Waals surface area contributed by atoms with Gasteiger partial charge in [0.1, 0.15) is 5.65 Å². The molecule has 0 aliphatic heterocycles. The average Bonchev–Trinajstić information content (AvgIpc) is 2.94. The van der Waals surface area contributed by atoms with Crippen LogP contribution in [-0.2, 0) is 0 Å². The van der Waals surface area contributed by atoms with Crippen LogP contribution in [0.1, 0.15) is 5.56 Å². The van der Waals surface area contributed by atoms with E-state index < -0.39 is 0 Å². The first kappa shape index (κ1) is 11.8. The molecule has 2 aromatic heterocycles. The van der Waals surface area contributed by atoms with Crippen molar-refractivity contribution in [1.29, 1.82) is 0 Å². The molecule has 0 bridgehead atoms. The summed E-state index contributed by atoms with van der Waals surface area (Å²) in [5.41, 5.74) is 5.71. The van der Waals surface area contributed by atoms with Crippen molar-refractivity contribution in [3.8, 4) is 0 Å². The third-order valence-electron chi connectivity index (χ3n) is 4.41. The molecule has 2 nitrogen and oxygen atoms in total. The normalized spacial score (nSPS) is 11.9. The summed E-state index contributed by atoms with van der Waals surface area (Å²) in [7, 11) is 0. The molecule has 0 amide bonds. The maximum absolute atomic E-state index is 4.92. The van der Waals surface area contributed by atoms with Crippen molar-refractivity contribution in [3.63, 3.8) is 0 Å². The second kappa shape index (κ2) is 4.08. The first-order valence-corrected chi connectivity index (χ1v) is 7.51. The van der Waals surface area contributed by atoms with Crippen LogP contribution < -0.4 is 0 Å². The molecule has 0 N–H and O–H groups in total. The molecule has 0 fully saturated rings. The van der Waals surface area contributed by atoms with Crippen LogP contribution in [0.25, 0.3) is 38.4 Å².